The quantitative estimate of drug-likeness (QED) is 0.734. The molecule has 82 valence electrons. The van der Waals surface area contributed by atoms with E-state index in [4.69, 9.17) is 10.5 Å². The van der Waals surface area contributed by atoms with Crippen LogP contribution in [-0.2, 0) is 4.74 Å². The highest BCUT2D eigenvalue weighted by Crippen LogP contribution is 2.17. The van der Waals surface area contributed by atoms with Crippen LogP contribution in [0.15, 0.2) is 0 Å². The van der Waals surface area contributed by atoms with Crippen LogP contribution in [0.2, 0.25) is 0 Å². The van der Waals surface area contributed by atoms with E-state index in [2.05, 4.69) is 4.90 Å². The molecule has 3 heteroatoms. The van der Waals surface area contributed by atoms with Crippen LogP contribution in [0.25, 0.3) is 0 Å². The Bertz CT molecular complexity index is 164. The largest absolute Gasteiger partial charge is 0.378 e. The molecule has 0 saturated carbocycles. The maximum absolute atomic E-state index is 5.86. The maximum Gasteiger partial charge on any atom is 0.0587 e. The van der Waals surface area contributed by atoms with Gasteiger partial charge in [-0.15, -0.1) is 0 Å². The predicted molar refractivity (Wildman–Crippen MR) is 57.2 cm³/mol. The average molecular weight is 198 g/mol. The first-order chi connectivity index (χ1) is 6.84. The van der Waals surface area contributed by atoms with Crippen molar-refractivity contribution in [3.05, 3.63) is 0 Å². The van der Waals surface area contributed by atoms with E-state index >= 15 is 0 Å². The molecular weight excluding hydrogens is 176 g/mol. The maximum atomic E-state index is 5.86. The minimum atomic E-state index is 0.419. The molecule has 2 aliphatic rings. The van der Waals surface area contributed by atoms with Crippen LogP contribution >= 0.6 is 0 Å². The topological polar surface area (TPSA) is 38.5 Å². The number of hydrogen-bond acceptors (Lipinski definition) is 3. The molecule has 0 aromatic rings. The number of likely N-dealkylation sites (tertiary alicyclic amines) is 1. The summed E-state index contributed by atoms with van der Waals surface area (Å²) in [6.07, 6.45) is 6.77. The van der Waals surface area contributed by atoms with E-state index in [1.165, 1.54) is 45.2 Å². The van der Waals surface area contributed by atoms with Crippen molar-refractivity contribution in [1.29, 1.82) is 0 Å². The third-order valence-corrected chi connectivity index (χ3v) is 3.35. The van der Waals surface area contributed by atoms with Gasteiger partial charge in [-0.2, -0.15) is 0 Å². The van der Waals surface area contributed by atoms with E-state index in [9.17, 15) is 0 Å². The van der Waals surface area contributed by atoms with Crippen molar-refractivity contribution in [1.82, 2.24) is 4.90 Å². The van der Waals surface area contributed by atoms with Crippen LogP contribution in [0.3, 0.4) is 0 Å². The highest BCUT2D eigenvalue weighted by Gasteiger charge is 2.20. The van der Waals surface area contributed by atoms with Crippen LogP contribution < -0.4 is 5.73 Å². The van der Waals surface area contributed by atoms with E-state index in [1.807, 2.05) is 0 Å². The standard InChI is InChI=1S/C11H22N2O/c12-10-4-6-13(9-10)7-5-11-3-1-2-8-14-11/h10-11H,1-9,12H2/t10-,11?/m0/s1. The Labute approximate surface area is 86.6 Å². The summed E-state index contributed by atoms with van der Waals surface area (Å²) in [5.41, 5.74) is 5.86. The van der Waals surface area contributed by atoms with E-state index in [0.29, 0.717) is 12.1 Å². The SMILES string of the molecule is N[C@H]1CCN(CCC2CCCCO2)C1. The summed E-state index contributed by atoms with van der Waals surface area (Å²) in [7, 11) is 0. The molecule has 0 radical (unpaired) electrons. The van der Waals surface area contributed by atoms with Crippen LogP contribution in [0, 0.1) is 0 Å². The predicted octanol–water partition coefficient (Wildman–Crippen LogP) is 0.979. The van der Waals surface area contributed by atoms with E-state index in [-0.39, 0.29) is 0 Å². The molecule has 2 saturated heterocycles. The van der Waals surface area contributed by atoms with Gasteiger partial charge in [-0.05, 0) is 38.6 Å². The molecular formula is C11H22N2O. The van der Waals surface area contributed by atoms with Gasteiger partial charge in [0.05, 0.1) is 6.10 Å². The molecule has 0 aromatic heterocycles. The van der Waals surface area contributed by atoms with Crippen LogP contribution in [-0.4, -0.2) is 43.3 Å². The molecule has 2 heterocycles. The number of ether oxygens (including phenoxy) is 1. The second-order valence-corrected chi connectivity index (χ2v) is 4.63. The third kappa shape index (κ3) is 2.94. The lowest BCUT2D eigenvalue weighted by atomic mass is 10.1. The molecule has 0 spiro atoms. The fraction of sp³-hybridized carbons (Fsp3) is 1.00. The third-order valence-electron chi connectivity index (χ3n) is 3.35. The molecule has 2 rings (SSSR count). The van der Waals surface area contributed by atoms with Gasteiger partial charge in [0.25, 0.3) is 0 Å². The molecule has 3 nitrogen and oxygen atoms in total. The summed E-state index contributed by atoms with van der Waals surface area (Å²) in [5, 5.41) is 0. The van der Waals surface area contributed by atoms with Gasteiger partial charge in [0, 0.05) is 25.7 Å². The number of hydrogen-bond donors (Lipinski definition) is 1. The molecule has 0 aromatic carbocycles. The summed E-state index contributed by atoms with van der Waals surface area (Å²) in [4.78, 5) is 2.47. The first kappa shape index (κ1) is 10.4. The molecule has 0 amide bonds. The molecule has 2 N–H and O–H groups in total. The highest BCUT2D eigenvalue weighted by atomic mass is 16.5. The Morgan fingerprint density at radius 1 is 1.29 bits per heavy atom. The summed E-state index contributed by atoms with van der Waals surface area (Å²) in [6.45, 7) is 4.43. The van der Waals surface area contributed by atoms with Gasteiger partial charge in [0.2, 0.25) is 0 Å². The molecule has 0 aliphatic carbocycles. The fourth-order valence-electron chi connectivity index (χ4n) is 2.43. The van der Waals surface area contributed by atoms with Gasteiger partial charge in [0.15, 0.2) is 0 Å². The average Bonchev–Trinajstić information content (AvgIpc) is 2.63. The Balaban J connectivity index is 1.61. The second kappa shape index (κ2) is 5.10. The molecule has 1 unspecified atom stereocenters. The van der Waals surface area contributed by atoms with Crippen molar-refractivity contribution in [2.75, 3.05) is 26.2 Å². The van der Waals surface area contributed by atoms with Gasteiger partial charge < -0.3 is 15.4 Å². The Morgan fingerprint density at radius 2 is 2.21 bits per heavy atom. The van der Waals surface area contributed by atoms with Gasteiger partial charge in [0.1, 0.15) is 0 Å². The minimum Gasteiger partial charge on any atom is -0.378 e. The molecule has 0 bridgehead atoms. The van der Waals surface area contributed by atoms with Crippen molar-refractivity contribution in [2.24, 2.45) is 5.73 Å². The van der Waals surface area contributed by atoms with E-state index < -0.39 is 0 Å². The van der Waals surface area contributed by atoms with Crippen molar-refractivity contribution < 1.29 is 4.74 Å². The molecule has 2 fully saturated rings. The summed E-state index contributed by atoms with van der Waals surface area (Å²) in [5.74, 6) is 0. The Hall–Kier alpha value is -0.120. The van der Waals surface area contributed by atoms with E-state index in [0.717, 1.165) is 13.2 Å². The smallest absolute Gasteiger partial charge is 0.0587 e. The Kier molecular flexibility index (Phi) is 3.79. The van der Waals surface area contributed by atoms with Crippen LogP contribution in [0.1, 0.15) is 32.1 Å². The summed E-state index contributed by atoms with van der Waals surface area (Å²) in [6, 6.07) is 0.419. The van der Waals surface area contributed by atoms with Crippen molar-refractivity contribution in [3.63, 3.8) is 0 Å². The number of rotatable bonds is 3. The minimum absolute atomic E-state index is 0.419. The van der Waals surface area contributed by atoms with Gasteiger partial charge in [-0.1, -0.05) is 0 Å². The van der Waals surface area contributed by atoms with Crippen molar-refractivity contribution >= 4 is 0 Å². The van der Waals surface area contributed by atoms with E-state index in [1.54, 1.807) is 0 Å². The molecule has 2 aliphatic heterocycles. The number of nitrogens with two attached hydrogens (primary N) is 1. The lowest BCUT2D eigenvalue weighted by molar-refractivity contribution is 0.00660. The highest BCUT2D eigenvalue weighted by molar-refractivity contribution is 4.78. The van der Waals surface area contributed by atoms with Crippen molar-refractivity contribution in [2.45, 2.75) is 44.2 Å². The first-order valence-electron chi connectivity index (χ1n) is 5.94. The van der Waals surface area contributed by atoms with Gasteiger partial charge in [-0.3, -0.25) is 0 Å². The zero-order valence-electron chi connectivity index (χ0n) is 8.95. The Morgan fingerprint density at radius 3 is 2.86 bits per heavy atom. The monoisotopic (exact) mass is 198 g/mol. The zero-order chi connectivity index (χ0) is 9.80. The normalized spacial score (nSPS) is 34.9. The number of nitrogens with zero attached hydrogens (tertiary/aromatic N) is 1. The second-order valence-electron chi connectivity index (χ2n) is 4.63. The zero-order valence-corrected chi connectivity index (χ0v) is 8.95. The molecule has 14 heavy (non-hydrogen) atoms. The van der Waals surface area contributed by atoms with Crippen LogP contribution in [0.5, 0.6) is 0 Å². The van der Waals surface area contributed by atoms with Gasteiger partial charge in [-0.25, -0.2) is 0 Å². The lowest BCUT2D eigenvalue weighted by Gasteiger charge is -2.24. The van der Waals surface area contributed by atoms with Crippen molar-refractivity contribution in [3.8, 4) is 0 Å². The summed E-state index contributed by atoms with van der Waals surface area (Å²) < 4.78 is 5.71. The molecule has 2 atom stereocenters. The van der Waals surface area contributed by atoms with Crippen LogP contribution in [0.4, 0.5) is 0 Å². The fourth-order valence-corrected chi connectivity index (χ4v) is 2.43. The lowest BCUT2D eigenvalue weighted by Crippen LogP contribution is -2.30. The first-order valence-corrected chi connectivity index (χ1v) is 5.94. The van der Waals surface area contributed by atoms with Gasteiger partial charge >= 0.3 is 0 Å². The summed E-state index contributed by atoms with van der Waals surface area (Å²) >= 11 is 0.